The molecule has 0 N–H and O–H groups in total. The Bertz CT molecular complexity index is 1280. The summed E-state index contributed by atoms with van der Waals surface area (Å²) in [7, 11) is 0. The maximum Gasteiger partial charge on any atom is 0.349 e. The minimum absolute atomic E-state index is 0.0575. The predicted molar refractivity (Wildman–Crippen MR) is 110 cm³/mol. The van der Waals surface area contributed by atoms with Crippen LogP contribution in [0.4, 0.5) is 0 Å². The van der Waals surface area contributed by atoms with E-state index in [1.165, 1.54) is 0 Å². The molecule has 0 aliphatic carbocycles. The number of hydrogen-bond acceptors (Lipinski definition) is 8. The van der Waals surface area contributed by atoms with Crippen LogP contribution in [-0.4, -0.2) is 44.0 Å². The van der Waals surface area contributed by atoms with Crippen LogP contribution >= 0.6 is 0 Å². The number of nitrogens with zero attached hydrogens (tertiary/aromatic N) is 5. The second kappa shape index (κ2) is 8.10. The zero-order chi connectivity index (χ0) is 21.2. The summed E-state index contributed by atoms with van der Waals surface area (Å²) >= 11 is 0. The maximum absolute atomic E-state index is 13.1. The van der Waals surface area contributed by atoms with Gasteiger partial charge in [0.2, 0.25) is 11.7 Å². The average molecular weight is 417 g/mol. The highest BCUT2D eigenvalue weighted by Gasteiger charge is 2.28. The van der Waals surface area contributed by atoms with Gasteiger partial charge in [-0.15, -0.1) is 0 Å². The number of carbonyl (C=O) groups excluding carboxylic acids is 1. The zero-order valence-corrected chi connectivity index (χ0v) is 16.6. The number of benzene rings is 1. The Morgan fingerprint density at radius 3 is 3.00 bits per heavy atom. The van der Waals surface area contributed by atoms with E-state index in [0.29, 0.717) is 42.5 Å². The van der Waals surface area contributed by atoms with Gasteiger partial charge in [-0.3, -0.25) is 9.78 Å². The van der Waals surface area contributed by atoms with Gasteiger partial charge >= 0.3 is 5.63 Å². The summed E-state index contributed by atoms with van der Waals surface area (Å²) in [6.07, 6.45) is 7.03. The number of fused-ring (bicyclic) bond motifs is 1. The standard InChI is InChI=1S/C22H19N5O4/c28-21(16-11-15-5-1-2-6-18(15)30-22(16)29)27-9-3-4-14(13-27)10-19-25-20(26-31-19)17-12-23-7-8-24-17/h1-2,5-8,11-12,14H,3-4,9-10,13H2. The molecule has 9 nitrogen and oxygen atoms in total. The maximum atomic E-state index is 13.1. The summed E-state index contributed by atoms with van der Waals surface area (Å²) in [5, 5.41) is 4.69. The topological polar surface area (TPSA) is 115 Å². The van der Waals surface area contributed by atoms with Gasteiger partial charge in [0.25, 0.3) is 5.91 Å². The fourth-order valence-electron chi connectivity index (χ4n) is 3.90. The molecule has 4 aromatic rings. The predicted octanol–water partition coefficient (Wildman–Crippen LogP) is 2.73. The van der Waals surface area contributed by atoms with E-state index in [2.05, 4.69) is 20.1 Å². The first kappa shape index (κ1) is 19.1. The van der Waals surface area contributed by atoms with Crippen molar-refractivity contribution in [1.29, 1.82) is 0 Å². The second-order valence-corrected chi connectivity index (χ2v) is 7.55. The van der Waals surface area contributed by atoms with Crippen molar-refractivity contribution in [3.05, 3.63) is 70.8 Å². The van der Waals surface area contributed by atoms with Gasteiger partial charge in [0.15, 0.2) is 0 Å². The van der Waals surface area contributed by atoms with Crippen LogP contribution in [0.25, 0.3) is 22.5 Å². The molecule has 156 valence electrons. The molecule has 9 heteroatoms. The average Bonchev–Trinajstić information content (AvgIpc) is 3.27. The second-order valence-electron chi connectivity index (χ2n) is 7.55. The Morgan fingerprint density at radius 1 is 1.23 bits per heavy atom. The van der Waals surface area contributed by atoms with E-state index in [1.807, 2.05) is 12.1 Å². The Morgan fingerprint density at radius 2 is 2.13 bits per heavy atom. The van der Waals surface area contributed by atoms with Crippen molar-refractivity contribution in [3.63, 3.8) is 0 Å². The molecule has 1 aliphatic rings. The number of amides is 1. The van der Waals surface area contributed by atoms with Gasteiger partial charge in [-0.1, -0.05) is 23.4 Å². The molecule has 1 atom stereocenters. The molecular formula is C22H19N5O4. The number of hydrogen-bond donors (Lipinski definition) is 0. The van der Waals surface area contributed by atoms with Crippen LogP contribution in [0.3, 0.4) is 0 Å². The molecular weight excluding hydrogens is 398 g/mol. The van der Waals surface area contributed by atoms with Crippen molar-refractivity contribution in [2.75, 3.05) is 13.1 Å². The molecule has 5 rings (SSSR count). The van der Waals surface area contributed by atoms with Crippen LogP contribution in [0.2, 0.25) is 0 Å². The highest BCUT2D eigenvalue weighted by molar-refractivity contribution is 5.96. The van der Waals surface area contributed by atoms with Crippen LogP contribution in [-0.2, 0) is 6.42 Å². The molecule has 1 aromatic carbocycles. The molecule has 1 amide bonds. The molecule has 1 aliphatic heterocycles. The summed E-state index contributed by atoms with van der Waals surface area (Å²) in [6, 6.07) is 8.76. The van der Waals surface area contributed by atoms with E-state index >= 15 is 0 Å². The first-order valence-corrected chi connectivity index (χ1v) is 10.1. The number of carbonyl (C=O) groups is 1. The van der Waals surface area contributed by atoms with Crippen molar-refractivity contribution in [3.8, 4) is 11.5 Å². The van der Waals surface area contributed by atoms with Crippen LogP contribution < -0.4 is 5.63 Å². The lowest BCUT2D eigenvalue weighted by atomic mass is 9.94. The van der Waals surface area contributed by atoms with E-state index in [-0.39, 0.29) is 17.4 Å². The number of piperidine rings is 1. The molecule has 31 heavy (non-hydrogen) atoms. The van der Waals surface area contributed by atoms with Crippen molar-refractivity contribution in [1.82, 2.24) is 25.0 Å². The molecule has 1 unspecified atom stereocenters. The Kier molecular flexibility index (Phi) is 4.99. The molecule has 4 heterocycles. The van der Waals surface area contributed by atoms with Crippen LogP contribution in [0.5, 0.6) is 0 Å². The van der Waals surface area contributed by atoms with E-state index in [4.69, 9.17) is 8.94 Å². The number of likely N-dealkylation sites (tertiary alicyclic amines) is 1. The highest BCUT2D eigenvalue weighted by atomic mass is 16.5. The molecule has 0 radical (unpaired) electrons. The highest BCUT2D eigenvalue weighted by Crippen LogP contribution is 2.23. The minimum Gasteiger partial charge on any atom is -0.422 e. The first-order chi connectivity index (χ1) is 15.2. The molecule has 3 aromatic heterocycles. The van der Waals surface area contributed by atoms with Crippen LogP contribution in [0.1, 0.15) is 29.1 Å². The van der Waals surface area contributed by atoms with Crippen molar-refractivity contribution < 1.29 is 13.7 Å². The summed E-state index contributed by atoms with van der Waals surface area (Å²) < 4.78 is 10.7. The van der Waals surface area contributed by atoms with Crippen LogP contribution in [0.15, 0.2) is 62.7 Å². The van der Waals surface area contributed by atoms with E-state index in [1.54, 1.807) is 41.7 Å². The fraction of sp³-hybridized carbons (Fsp3) is 0.273. The number of para-hydroxylation sites is 1. The smallest absolute Gasteiger partial charge is 0.349 e. The Hall–Kier alpha value is -3.88. The normalized spacial score (nSPS) is 16.5. The monoisotopic (exact) mass is 417 g/mol. The quantitative estimate of drug-likeness (QED) is 0.466. The van der Waals surface area contributed by atoms with Gasteiger partial charge in [0.05, 0.1) is 6.20 Å². The summed E-state index contributed by atoms with van der Waals surface area (Å²) in [5.41, 5.74) is 0.454. The van der Waals surface area contributed by atoms with Crippen LogP contribution in [0, 0.1) is 5.92 Å². The first-order valence-electron chi connectivity index (χ1n) is 10.1. The van der Waals surface area contributed by atoms with Crippen molar-refractivity contribution in [2.24, 2.45) is 5.92 Å². The minimum atomic E-state index is -0.615. The van der Waals surface area contributed by atoms with E-state index < -0.39 is 5.63 Å². The third kappa shape index (κ3) is 3.94. The largest absolute Gasteiger partial charge is 0.422 e. The number of rotatable bonds is 4. The van der Waals surface area contributed by atoms with E-state index in [0.717, 1.165) is 18.2 Å². The Balaban J connectivity index is 1.31. The van der Waals surface area contributed by atoms with Gasteiger partial charge < -0.3 is 13.8 Å². The van der Waals surface area contributed by atoms with Gasteiger partial charge in [0.1, 0.15) is 16.8 Å². The number of aromatic nitrogens is 4. The summed E-state index contributed by atoms with van der Waals surface area (Å²) in [5.74, 6) is 0.723. The molecule has 1 saturated heterocycles. The molecule has 0 spiro atoms. The van der Waals surface area contributed by atoms with E-state index in [9.17, 15) is 9.59 Å². The zero-order valence-electron chi connectivity index (χ0n) is 16.6. The Labute approximate surface area is 176 Å². The summed E-state index contributed by atoms with van der Waals surface area (Å²) in [6.45, 7) is 1.10. The van der Waals surface area contributed by atoms with Crippen molar-refractivity contribution in [2.45, 2.75) is 19.3 Å². The molecule has 1 fully saturated rings. The summed E-state index contributed by atoms with van der Waals surface area (Å²) in [4.78, 5) is 39.7. The van der Waals surface area contributed by atoms with Crippen molar-refractivity contribution >= 4 is 16.9 Å². The molecule has 0 saturated carbocycles. The van der Waals surface area contributed by atoms with Gasteiger partial charge in [0, 0.05) is 37.3 Å². The third-order valence-electron chi connectivity index (χ3n) is 5.40. The third-order valence-corrected chi connectivity index (χ3v) is 5.40. The lowest BCUT2D eigenvalue weighted by Gasteiger charge is -2.32. The lowest BCUT2D eigenvalue weighted by molar-refractivity contribution is 0.0664. The van der Waals surface area contributed by atoms with Gasteiger partial charge in [-0.2, -0.15) is 4.98 Å². The molecule has 0 bridgehead atoms. The lowest BCUT2D eigenvalue weighted by Crippen LogP contribution is -2.42. The SMILES string of the molecule is O=C(c1cc2ccccc2oc1=O)N1CCCC(Cc2nc(-c3cnccn3)no2)C1. The van der Waals surface area contributed by atoms with Gasteiger partial charge in [-0.25, -0.2) is 9.78 Å². The van der Waals surface area contributed by atoms with Gasteiger partial charge in [-0.05, 0) is 30.9 Å². The fourth-order valence-corrected chi connectivity index (χ4v) is 3.90.